The lowest BCUT2D eigenvalue weighted by Gasteiger charge is -2.37. The van der Waals surface area contributed by atoms with Crippen LogP contribution in [-0.4, -0.2) is 69.0 Å². The highest BCUT2D eigenvalue weighted by atomic mass is 32.1. The zero-order chi connectivity index (χ0) is 23.3. The Balaban J connectivity index is 1.72. The van der Waals surface area contributed by atoms with E-state index in [1.807, 2.05) is 30.0 Å². The van der Waals surface area contributed by atoms with Gasteiger partial charge in [0.25, 0.3) is 0 Å². The highest BCUT2D eigenvalue weighted by Crippen LogP contribution is 2.35. The first-order valence-electron chi connectivity index (χ1n) is 10.2. The summed E-state index contributed by atoms with van der Waals surface area (Å²) in [7, 11) is 2.61. The van der Waals surface area contributed by atoms with Crippen LogP contribution in [0, 0.1) is 6.92 Å². The first-order chi connectivity index (χ1) is 15.4. The summed E-state index contributed by atoms with van der Waals surface area (Å²) in [5.41, 5.74) is 1.87. The molecule has 8 nitrogen and oxygen atoms in total. The monoisotopic (exact) mass is 477 g/mol. The third kappa shape index (κ3) is 4.97. The molecule has 0 saturated carbocycles. The lowest BCUT2D eigenvalue weighted by molar-refractivity contribution is 0.0601. The van der Waals surface area contributed by atoms with E-state index in [1.165, 1.54) is 14.2 Å². The molecule has 0 aliphatic carbocycles. The van der Waals surface area contributed by atoms with Crippen LogP contribution in [0.15, 0.2) is 24.3 Å². The average molecular weight is 478 g/mol. The predicted molar refractivity (Wildman–Crippen MR) is 129 cm³/mol. The van der Waals surface area contributed by atoms with Gasteiger partial charge >= 0.3 is 11.9 Å². The predicted octanol–water partition coefficient (Wildman–Crippen LogP) is 3.55. The van der Waals surface area contributed by atoms with Gasteiger partial charge in [-0.15, -0.1) is 11.3 Å². The minimum absolute atomic E-state index is 0.296. The molecule has 10 heteroatoms. The topological polar surface area (TPSA) is 80.3 Å². The Labute approximate surface area is 197 Å². The van der Waals surface area contributed by atoms with Crippen LogP contribution >= 0.6 is 23.6 Å². The number of thiophene rings is 1. The molecule has 2 aromatic rings. The minimum Gasteiger partial charge on any atom is -0.492 e. The number of para-hydroxylation sites is 2. The molecule has 32 heavy (non-hydrogen) atoms. The van der Waals surface area contributed by atoms with Gasteiger partial charge in [-0.3, -0.25) is 0 Å². The van der Waals surface area contributed by atoms with Crippen molar-refractivity contribution in [2.45, 2.75) is 13.8 Å². The fourth-order valence-electron chi connectivity index (χ4n) is 3.56. The van der Waals surface area contributed by atoms with E-state index in [9.17, 15) is 9.59 Å². The highest BCUT2D eigenvalue weighted by molar-refractivity contribution is 7.80. The van der Waals surface area contributed by atoms with Crippen molar-refractivity contribution in [3.63, 3.8) is 0 Å². The Kier molecular flexibility index (Phi) is 7.92. The van der Waals surface area contributed by atoms with Gasteiger partial charge in [0.1, 0.15) is 15.6 Å². The van der Waals surface area contributed by atoms with E-state index in [0.717, 1.165) is 35.9 Å². The van der Waals surface area contributed by atoms with Gasteiger partial charge in [-0.1, -0.05) is 12.1 Å². The van der Waals surface area contributed by atoms with Crippen LogP contribution in [0.5, 0.6) is 5.75 Å². The van der Waals surface area contributed by atoms with Crippen LogP contribution in [0.1, 0.15) is 32.5 Å². The average Bonchev–Trinajstić information content (AvgIpc) is 3.14. The molecular formula is C22H27N3O5S2. The molecular weight excluding hydrogens is 450 g/mol. The Bertz CT molecular complexity index is 999. The number of hydrogen-bond donors (Lipinski definition) is 1. The summed E-state index contributed by atoms with van der Waals surface area (Å²) in [6.07, 6.45) is 0. The molecule has 0 atom stereocenters. The summed E-state index contributed by atoms with van der Waals surface area (Å²) >= 11 is 6.75. The van der Waals surface area contributed by atoms with Gasteiger partial charge in [-0.25, -0.2) is 9.59 Å². The van der Waals surface area contributed by atoms with E-state index in [1.54, 1.807) is 6.92 Å². The summed E-state index contributed by atoms with van der Waals surface area (Å²) in [5.74, 6) is -0.161. The van der Waals surface area contributed by atoms with Gasteiger partial charge in [0, 0.05) is 26.2 Å². The maximum atomic E-state index is 12.3. The summed E-state index contributed by atoms with van der Waals surface area (Å²) in [4.78, 5) is 29.1. The number of carbonyl (C=O) groups is 2. The zero-order valence-electron chi connectivity index (χ0n) is 18.6. The molecule has 1 aliphatic rings. The largest absolute Gasteiger partial charge is 0.492 e. The number of carbonyl (C=O) groups excluding carboxylic acids is 2. The van der Waals surface area contributed by atoms with Gasteiger partial charge < -0.3 is 29.3 Å². The number of ether oxygens (including phenoxy) is 3. The molecule has 1 aliphatic heterocycles. The van der Waals surface area contributed by atoms with Crippen molar-refractivity contribution in [1.82, 2.24) is 4.90 Å². The summed E-state index contributed by atoms with van der Waals surface area (Å²) in [6, 6.07) is 8.00. The number of rotatable bonds is 6. The van der Waals surface area contributed by atoms with Crippen molar-refractivity contribution in [3.8, 4) is 5.75 Å². The second-order valence-electron chi connectivity index (χ2n) is 7.05. The molecule has 0 radical (unpaired) electrons. The standard InChI is InChI=1S/C22H27N3O5S2/c1-5-30-16-9-7-6-8-15(16)24-10-12-25(13-11-24)22(31)23-19-17(20(26)28-3)14(2)18(32-19)21(27)29-4/h6-9H,5,10-13H2,1-4H3,(H,23,31). The van der Waals surface area contributed by atoms with Gasteiger partial charge in [-0.2, -0.15) is 0 Å². The molecule has 172 valence electrons. The van der Waals surface area contributed by atoms with Crippen LogP contribution in [-0.2, 0) is 9.47 Å². The van der Waals surface area contributed by atoms with Crippen LogP contribution in [0.3, 0.4) is 0 Å². The van der Waals surface area contributed by atoms with Gasteiger partial charge in [0.15, 0.2) is 5.11 Å². The fourth-order valence-corrected chi connectivity index (χ4v) is 5.02. The van der Waals surface area contributed by atoms with E-state index < -0.39 is 11.9 Å². The Morgan fingerprint density at radius 1 is 1.09 bits per heavy atom. The van der Waals surface area contributed by atoms with Crippen molar-refractivity contribution >= 4 is 51.3 Å². The lowest BCUT2D eigenvalue weighted by atomic mass is 10.1. The van der Waals surface area contributed by atoms with E-state index >= 15 is 0 Å². The van der Waals surface area contributed by atoms with Crippen LogP contribution in [0.4, 0.5) is 10.7 Å². The highest BCUT2D eigenvalue weighted by Gasteiger charge is 2.28. The van der Waals surface area contributed by atoms with Crippen molar-refractivity contribution in [3.05, 3.63) is 40.3 Å². The molecule has 0 spiro atoms. The summed E-state index contributed by atoms with van der Waals surface area (Å²) in [5, 5.41) is 4.11. The van der Waals surface area contributed by atoms with Gasteiger partial charge in [0.05, 0.1) is 32.1 Å². The number of nitrogens with one attached hydrogen (secondary N) is 1. The Morgan fingerprint density at radius 3 is 2.38 bits per heavy atom. The molecule has 0 bridgehead atoms. The van der Waals surface area contributed by atoms with Crippen LogP contribution in [0.2, 0.25) is 0 Å². The number of anilines is 2. The van der Waals surface area contributed by atoms with Gasteiger partial charge in [0.2, 0.25) is 0 Å². The molecule has 2 heterocycles. The van der Waals surface area contributed by atoms with E-state index in [4.69, 9.17) is 26.4 Å². The number of methoxy groups -OCH3 is 2. The Hall–Kier alpha value is -2.85. The normalized spacial score (nSPS) is 13.5. The molecule has 0 unspecified atom stereocenters. The number of piperazine rings is 1. The van der Waals surface area contributed by atoms with E-state index in [-0.39, 0.29) is 0 Å². The molecule has 1 fully saturated rings. The number of hydrogen-bond acceptors (Lipinski definition) is 8. The summed E-state index contributed by atoms with van der Waals surface area (Å²) < 4.78 is 15.5. The van der Waals surface area contributed by atoms with E-state index in [2.05, 4.69) is 16.3 Å². The molecule has 1 aromatic carbocycles. The minimum atomic E-state index is -0.531. The number of thiocarbonyl (C=S) groups is 1. The second kappa shape index (κ2) is 10.6. The quantitative estimate of drug-likeness (QED) is 0.496. The zero-order valence-corrected chi connectivity index (χ0v) is 20.2. The summed E-state index contributed by atoms with van der Waals surface area (Å²) in [6.45, 7) is 7.22. The smallest absolute Gasteiger partial charge is 0.348 e. The van der Waals surface area contributed by atoms with Crippen LogP contribution in [0.25, 0.3) is 0 Å². The first kappa shape index (κ1) is 23.8. The van der Waals surface area contributed by atoms with Crippen molar-refractivity contribution in [2.75, 3.05) is 57.2 Å². The van der Waals surface area contributed by atoms with E-state index in [0.29, 0.717) is 45.8 Å². The third-order valence-corrected chi connectivity index (χ3v) is 6.75. The lowest BCUT2D eigenvalue weighted by Crippen LogP contribution is -2.50. The number of benzene rings is 1. The molecule has 1 aromatic heterocycles. The fraction of sp³-hybridized carbons (Fsp3) is 0.409. The molecule has 0 amide bonds. The van der Waals surface area contributed by atoms with Gasteiger partial charge in [-0.05, 0) is 43.8 Å². The van der Waals surface area contributed by atoms with Crippen molar-refractivity contribution < 1.29 is 23.8 Å². The Morgan fingerprint density at radius 2 is 1.75 bits per heavy atom. The van der Waals surface area contributed by atoms with Crippen LogP contribution < -0.4 is 15.0 Å². The first-order valence-corrected chi connectivity index (χ1v) is 11.5. The molecule has 1 N–H and O–H groups in total. The third-order valence-electron chi connectivity index (χ3n) is 5.20. The number of nitrogens with zero attached hydrogens (tertiary/aromatic N) is 2. The molecule has 3 rings (SSSR count). The van der Waals surface area contributed by atoms with Crippen molar-refractivity contribution in [1.29, 1.82) is 0 Å². The second-order valence-corrected chi connectivity index (χ2v) is 8.46. The van der Waals surface area contributed by atoms with Crippen molar-refractivity contribution in [2.24, 2.45) is 0 Å². The maximum absolute atomic E-state index is 12.3. The SMILES string of the molecule is CCOc1ccccc1N1CCN(C(=S)Nc2sc(C(=O)OC)c(C)c2C(=O)OC)CC1. The number of esters is 2. The molecule has 1 saturated heterocycles. The maximum Gasteiger partial charge on any atom is 0.348 e.